The molecule has 0 aliphatic carbocycles. The Morgan fingerprint density at radius 2 is 2.10 bits per heavy atom. The number of nitrogens with one attached hydrogen (secondary N) is 1. The van der Waals surface area contributed by atoms with Crippen LogP contribution in [0.25, 0.3) is 0 Å². The maximum Gasteiger partial charge on any atom is 0.127 e. The van der Waals surface area contributed by atoms with E-state index in [2.05, 4.69) is 33.3 Å². The fraction of sp³-hybridized carbons (Fsp3) is 0.400. The largest absolute Gasteiger partial charge is 0.304 e. The number of aryl methyl sites for hydroxylation is 2. The quantitative estimate of drug-likeness (QED) is 0.893. The van der Waals surface area contributed by atoms with Crippen molar-refractivity contribution in [3.05, 3.63) is 51.5 Å². The van der Waals surface area contributed by atoms with Crippen molar-refractivity contribution in [2.75, 3.05) is 0 Å². The van der Waals surface area contributed by atoms with E-state index in [1.807, 2.05) is 30.7 Å². The SMILES string of the molecule is CCn1nc(C)c(Br)c1CNC(C)c1ccccc1F. The number of hydrogen-bond donors (Lipinski definition) is 1. The standard InChI is InChI=1S/C15H19BrFN3/c1-4-20-14(15(16)11(3)19-20)9-18-10(2)12-7-5-6-8-13(12)17/h5-8,10,18H,4,9H2,1-3H3. The second kappa shape index (κ2) is 6.50. The summed E-state index contributed by atoms with van der Waals surface area (Å²) in [5, 5.41) is 7.81. The predicted molar refractivity (Wildman–Crippen MR) is 82.0 cm³/mol. The summed E-state index contributed by atoms with van der Waals surface area (Å²) in [6.07, 6.45) is 0. The molecular formula is C15H19BrFN3. The fourth-order valence-electron chi connectivity index (χ4n) is 2.22. The van der Waals surface area contributed by atoms with E-state index in [0.29, 0.717) is 12.1 Å². The maximum atomic E-state index is 13.7. The van der Waals surface area contributed by atoms with E-state index >= 15 is 0 Å². The van der Waals surface area contributed by atoms with Crippen LogP contribution in [-0.2, 0) is 13.1 Å². The predicted octanol–water partition coefficient (Wildman–Crippen LogP) is 3.96. The molecule has 0 fully saturated rings. The van der Waals surface area contributed by atoms with Gasteiger partial charge in [0.15, 0.2) is 0 Å². The highest BCUT2D eigenvalue weighted by molar-refractivity contribution is 9.10. The van der Waals surface area contributed by atoms with Crippen LogP contribution in [0, 0.1) is 12.7 Å². The average molecular weight is 340 g/mol. The Hall–Kier alpha value is -1.20. The normalized spacial score (nSPS) is 12.7. The van der Waals surface area contributed by atoms with E-state index < -0.39 is 0 Å². The molecule has 0 radical (unpaired) electrons. The zero-order chi connectivity index (χ0) is 14.7. The lowest BCUT2D eigenvalue weighted by Crippen LogP contribution is -2.21. The van der Waals surface area contributed by atoms with Gasteiger partial charge in [0.05, 0.1) is 15.9 Å². The van der Waals surface area contributed by atoms with E-state index in [0.717, 1.165) is 22.4 Å². The van der Waals surface area contributed by atoms with Crippen molar-refractivity contribution in [2.24, 2.45) is 0 Å². The van der Waals surface area contributed by atoms with Crippen molar-refractivity contribution in [3.63, 3.8) is 0 Å². The topological polar surface area (TPSA) is 29.9 Å². The Morgan fingerprint density at radius 1 is 1.40 bits per heavy atom. The van der Waals surface area contributed by atoms with Gasteiger partial charge < -0.3 is 5.32 Å². The number of halogens is 2. The third-order valence-electron chi connectivity index (χ3n) is 3.40. The highest BCUT2D eigenvalue weighted by atomic mass is 79.9. The molecule has 0 aliphatic heterocycles. The van der Waals surface area contributed by atoms with Gasteiger partial charge in [-0.3, -0.25) is 4.68 Å². The van der Waals surface area contributed by atoms with Crippen LogP contribution in [0.5, 0.6) is 0 Å². The Labute approximate surface area is 127 Å². The van der Waals surface area contributed by atoms with Gasteiger partial charge in [0, 0.05) is 24.7 Å². The van der Waals surface area contributed by atoms with Gasteiger partial charge in [-0.25, -0.2) is 4.39 Å². The first kappa shape index (κ1) is 15.2. The lowest BCUT2D eigenvalue weighted by molar-refractivity contribution is 0.505. The van der Waals surface area contributed by atoms with Crippen LogP contribution < -0.4 is 5.32 Å². The average Bonchev–Trinajstić information content (AvgIpc) is 2.72. The van der Waals surface area contributed by atoms with Crippen molar-refractivity contribution in [1.29, 1.82) is 0 Å². The van der Waals surface area contributed by atoms with Crippen LogP contribution >= 0.6 is 15.9 Å². The summed E-state index contributed by atoms with van der Waals surface area (Å²) in [6.45, 7) is 7.46. The Balaban J connectivity index is 2.11. The molecule has 3 nitrogen and oxygen atoms in total. The molecule has 0 spiro atoms. The van der Waals surface area contributed by atoms with E-state index in [-0.39, 0.29) is 11.9 Å². The monoisotopic (exact) mass is 339 g/mol. The summed E-state index contributed by atoms with van der Waals surface area (Å²) in [5.41, 5.74) is 2.75. The summed E-state index contributed by atoms with van der Waals surface area (Å²) < 4.78 is 16.7. The molecule has 5 heteroatoms. The minimum atomic E-state index is -0.174. The highest BCUT2D eigenvalue weighted by Gasteiger charge is 2.14. The van der Waals surface area contributed by atoms with Crippen LogP contribution in [0.15, 0.2) is 28.7 Å². The Morgan fingerprint density at radius 3 is 2.75 bits per heavy atom. The summed E-state index contributed by atoms with van der Waals surface area (Å²) in [5.74, 6) is -0.174. The molecule has 20 heavy (non-hydrogen) atoms. The first-order valence-corrected chi connectivity index (χ1v) is 7.53. The second-order valence-corrected chi connectivity index (χ2v) is 5.58. The van der Waals surface area contributed by atoms with Crippen molar-refractivity contribution in [1.82, 2.24) is 15.1 Å². The molecule has 1 heterocycles. The van der Waals surface area contributed by atoms with Crippen LogP contribution in [-0.4, -0.2) is 9.78 Å². The fourth-order valence-corrected chi connectivity index (χ4v) is 2.65. The molecule has 1 aromatic carbocycles. The summed E-state index contributed by atoms with van der Waals surface area (Å²) in [7, 11) is 0. The van der Waals surface area contributed by atoms with Gasteiger partial charge in [-0.15, -0.1) is 0 Å². The molecule has 1 N–H and O–H groups in total. The Kier molecular flexibility index (Phi) is 4.94. The number of aromatic nitrogens is 2. The molecule has 2 rings (SSSR count). The van der Waals surface area contributed by atoms with Crippen molar-refractivity contribution in [2.45, 2.75) is 39.9 Å². The zero-order valence-electron chi connectivity index (χ0n) is 12.0. The first-order valence-electron chi connectivity index (χ1n) is 6.74. The van der Waals surface area contributed by atoms with Crippen LogP contribution in [0.4, 0.5) is 4.39 Å². The van der Waals surface area contributed by atoms with Gasteiger partial charge in [-0.05, 0) is 42.8 Å². The van der Waals surface area contributed by atoms with E-state index in [1.165, 1.54) is 6.07 Å². The lowest BCUT2D eigenvalue weighted by Gasteiger charge is -2.15. The molecule has 1 unspecified atom stereocenters. The zero-order valence-corrected chi connectivity index (χ0v) is 13.5. The summed E-state index contributed by atoms with van der Waals surface area (Å²) in [6, 6.07) is 6.81. The van der Waals surface area contributed by atoms with Crippen LogP contribution in [0.3, 0.4) is 0 Å². The van der Waals surface area contributed by atoms with Gasteiger partial charge in [0.25, 0.3) is 0 Å². The van der Waals surface area contributed by atoms with Gasteiger partial charge in [-0.2, -0.15) is 5.10 Å². The minimum Gasteiger partial charge on any atom is -0.304 e. The lowest BCUT2D eigenvalue weighted by atomic mass is 10.1. The van der Waals surface area contributed by atoms with Crippen LogP contribution in [0.1, 0.15) is 36.8 Å². The van der Waals surface area contributed by atoms with E-state index in [1.54, 1.807) is 6.07 Å². The third-order valence-corrected chi connectivity index (χ3v) is 4.43. The number of hydrogen-bond acceptors (Lipinski definition) is 2. The number of rotatable bonds is 5. The van der Waals surface area contributed by atoms with Crippen molar-refractivity contribution in [3.8, 4) is 0 Å². The van der Waals surface area contributed by atoms with Gasteiger partial charge in [0.2, 0.25) is 0 Å². The summed E-state index contributed by atoms with van der Waals surface area (Å²) in [4.78, 5) is 0. The van der Waals surface area contributed by atoms with Crippen molar-refractivity contribution < 1.29 is 4.39 Å². The molecule has 1 aromatic heterocycles. The summed E-state index contributed by atoms with van der Waals surface area (Å²) >= 11 is 3.57. The minimum absolute atomic E-state index is 0.0522. The molecular weight excluding hydrogens is 321 g/mol. The van der Waals surface area contributed by atoms with E-state index in [4.69, 9.17) is 0 Å². The number of benzene rings is 1. The molecule has 0 aliphatic rings. The third kappa shape index (κ3) is 3.10. The maximum absolute atomic E-state index is 13.7. The highest BCUT2D eigenvalue weighted by Crippen LogP contribution is 2.22. The second-order valence-electron chi connectivity index (χ2n) is 4.79. The molecule has 1 atom stereocenters. The molecule has 108 valence electrons. The molecule has 0 bridgehead atoms. The van der Waals surface area contributed by atoms with Crippen LogP contribution in [0.2, 0.25) is 0 Å². The van der Waals surface area contributed by atoms with Gasteiger partial charge in [-0.1, -0.05) is 18.2 Å². The molecule has 0 amide bonds. The smallest absolute Gasteiger partial charge is 0.127 e. The van der Waals surface area contributed by atoms with Gasteiger partial charge in [0.1, 0.15) is 5.82 Å². The molecule has 0 saturated carbocycles. The van der Waals surface area contributed by atoms with Crippen molar-refractivity contribution >= 4 is 15.9 Å². The molecule has 0 saturated heterocycles. The first-order chi connectivity index (χ1) is 9.54. The Bertz CT molecular complexity index is 595. The van der Waals surface area contributed by atoms with E-state index in [9.17, 15) is 4.39 Å². The van der Waals surface area contributed by atoms with Gasteiger partial charge >= 0.3 is 0 Å². The number of nitrogens with zero attached hydrogens (tertiary/aromatic N) is 2. The molecule has 2 aromatic rings.